The van der Waals surface area contributed by atoms with Gasteiger partial charge in [0.1, 0.15) is 12.4 Å². The third-order valence-corrected chi connectivity index (χ3v) is 4.08. The van der Waals surface area contributed by atoms with Gasteiger partial charge >= 0.3 is 0 Å². The molecule has 1 heterocycles. The maximum atomic E-state index is 11.3. The predicted octanol–water partition coefficient (Wildman–Crippen LogP) is 4.39. The van der Waals surface area contributed by atoms with Crippen molar-refractivity contribution in [2.24, 2.45) is 5.73 Å². The molecule has 0 saturated heterocycles. The third-order valence-electron chi connectivity index (χ3n) is 3.83. The van der Waals surface area contributed by atoms with E-state index in [1.54, 1.807) is 24.4 Å². The molecule has 4 nitrogen and oxygen atoms in total. The number of pyridine rings is 1. The Bertz CT molecular complexity index is 908. The van der Waals surface area contributed by atoms with Gasteiger partial charge in [-0.05, 0) is 66.6 Å². The Morgan fingerprint density at radius 3 is 2.56 bits per heavy atom. The minimum atomic E-state index is -0.429. The van der Waals surface area contributed by atoms with Crippen LogP contribution in [0.3, 0.4) is 0 Å². The van der Waals surface area contributed by atoms with E-state index in [1.807, 2.05) is 43.3 Å². The monoisotopic (exact) mass is 352 g/mol. The van der Waals surface area contributed by atoms with Crippen LogP contribution in [0.4, 0.5) is 0 Å². The summed E-state index contributed by atoms with van der Waals surface area (Å²) in [6.07, 6.45) is 1.74. The summed E-state index contributed by atoms with van der Waals surface area (Å²) >= 11 is 5.87. The molecule has 1 aromatic heterocycles. The molecular formula is C20H17ClN2O2. The van der Waals surface area contributed by atoms with Crippen LogP contribution in [0.1, 0.15) is 21.5 Å². The normalized spacial score (nSPS) is 10.5. The van der Waals surface area contributed by atoms with Gasteiger partial charge in [0.05, 0.1) is 5.69 Å². The van der Waals surface area contributed by atoms with Crippen molar-refractivity contribution in [3.63, 3.8) is 0 Å². The second-order valence-corrected chi connectivity index (χ2v) is 6.12. The first-order chi connectivity index (χ1) is 12.0. The zero-order chi connectivity index (χ0) is 17.8. The number of carbonyl (C=O) groups is 1. The van der Waals surface area contributed by atoms with E-state index in [0.717, 1.165) is 28.1 Å². The molecule has 0 atom stereocenters. The van der Waals surface area contributed by atoms with Crippen molar-refractivity contribution in [3.05, 3.63) is 82.5 Å². The van der Waals surface area contributed by atoms with Crippen molar-refractivity contribution in [1.82, 2.24) is 4.98 Å². The summed E-state index contributed by atoms with van der Waals surface area (Å²) in [6.45, 7) is 2.28. The molecule has 0 saturated carbocycles. The Hall–Kier alpha value is -2.85. The number of rotatable bonds is 5. The lowest BCUT2D eigenvalue weighted by Gasteiger charge is -2.09. The van der Waals surface area contributed by atoms with Crippen LogP contribution < -0.4 is 10.5 Å². The summed E-state index contributed by atoms with van der Waals surface area (Å²) in [5.74, 6) is 0.326. The van der Waals surface area contributed by atoms with Gasteiger partial charge in [0, 0.05) is 22.3 Å². The van der Waals surface area contributed by atoms with Crippen molar-refractivity contribution >= 4 is 17.5 Å². The number of hydrogen-bond donors (Lipinski definition) is 1. The Morgan fingerprint density at radius 2 is 1.88 bits per heavy atom. The number of primary amides is 1. The molecule has 0 spiro atoms. The Morgan fingerprint density at radius 1 is 1.12 bits per heavy atom. The van der Waals surface area contributed by atoms with E-state index in [2.05, 4.69) is 4.98 Å². The van der Waals surface area contributed by atoms with E-state index in [0.29, 0.717) is 17.2 Å². The fraction of sp³-hybridized carbons (Fsp3) is 0.100. The second-order valence-electron chi connectivity index (χ2n) is 5.69. The van der Waals surface area contributed by atoms with Crippen molar-refractivity contribution in [2.45, 2.75) is 13.5 Å². The van der Waals surface area contributed by atoms with Gasteiger partial charge in [-0.15, -0.1) is 0 Å². The number of halogens is 1. The van der Waals surface area contributed by atoms with Crippen molar-refractivity contribution in [1.29, 1.82) is 0 Å². The lowest BCUT2D eigenvalue weighted by molar-refractivity contribution is 0.0999. The largest absolute Gasteiger partial charge is 0.489 e. The first-order valence-corrected chi connectivity index (χ1v) is 8.15. The first kappa shape index (κ1) is 17.0. The molecule has 0 fully saturated rings. The van der Waals surface area contributed by atoms with Crippen LogP contribution in [-0.4, -0.2) is 10.9 Å². The molecule has 3 aromatic rings. The van der Waals surface area contributed by atoms with Gasteiger partial charge < -0.3 is 10.5 Å². The first-order valence-electron chi connectivity index (χ1n) is 7.77. The van der Waals surface area contributed by atoms with Gasteiger partial charge in [-0.1, -0.05) is 17.7 Å². The maximum Gasteiger partial charge on any atom is 0.248 e. The zero-order valence-electron chi connectivity index (χ0n) is 13.7. The average molecular weight is 353 g/mol. The van der Waals surface area contributed by atoms with Crippen LogP contribution in [0.15, 0.2) is 60.8 Å². The highest BCUT2D eigenvalue weighted by Crippen LogP contribution is 2.22. The van der Waals surface area contributed by atoms with Crippen LogP contribution in [0, 0.1) is 6.92 Å². The van der Waals surface area contributed by atoms with Crippen LogP contribution in [0.25, 0.3) is 11.3 Å². The van der Waals surface area contributed by atoms with E-state index < -0.39 is 5.91 Å². The van der Waals surface area contributed by atoms with E-state index in [-0.39, 0.29) is 0 Å². The van der Waals surface area contributed by atoms with Gasteiger partial charge in [0.2, 0.25) is 5.91 Å². The number of aromatic nitrogens is 1. The highest BCUT2D eigenvalue weighted by atomic mass is 35.5. The number of nitrogens with two attached hydrogens (primary N) is 1. The molecule has 2 aromatic carbocycles. The summed E-state index contributed by atoms with van der Waals surface area (Å²) in [6, 6.07) is 16.6. The molecule has 25 heavy (non-hydrogen) atoms. The number of ether oxygens (including phenoxy) is 1. The van der Waals surface area contributed by atoms with Gasteiger partial charge in [-0.2, -0.15) is 0 Å². The van der Waals surface area contributed by atoms with Gasteiger partial charge in [-0.3, -0.25) is 9.78 Å². The van der Waals surface area contributed by atoms with Gasteiger partial charge in [0.15, 0.2) is 0 Å². The molecular weight excluding hydrogens is 336 g/mol. The molecule has 0 radical (unpaired) electrons. The van der Waals surface area contributed by atoms with E-state index in [1.165, 1.54) is 0 Å². The molecule has 3 rings (SSSR count). The lowest BCUT2D eigenvalue weighted by atomic mass is 10.0. The maximum absolute atomic E-state index is 11.3. The Labute approximate surface area is 151 Å². The minimum absolute atomic E-state index is 0.426. The number of aryl methyl sites for hydroxylation is 1. The van der Waals surface area contributed by atoms with E-state index in [4.69, 9.17) is 22.1 Å². The number of carbonyl (C=O) groups excluding carboxylic acids is 1. The molecule has 0 aliphatic heterocycles. The van der Waals surface area contributed by atoms with Crippen LogP contribution in [0.5, 0.6) is 5.75 Å². The topological polar surface area (TPSA) is 65.2 Å². The second kappa shape index (κ2) is 7.36. The Kier molecular flexibility index (Phi) is 5.00. The lowest BCUT2D eigenvalue weighted by Crippen LogP contribution is -2.12. The molecule has 0 unspecified atom stereocenters. The summed E-state index contributed by atoms with van der Waals surface area (Å²) in [5.41, 5.74) is 9.44. The van der Waals surface area contributed by atoms with E-state index in [9.17, 15) is 4.79 Å². The number of benzene rings is 2. The fourth-order valence-corrected chi connectivity index (χ4v) is 2.64. The average Bonchev–Trinajstić information content (AvgIpc) is 2.61. The van der Waals surface area contributed by atoms with Crippen LogP contribution >= 0.6 is 11.6 Å². The van der Waals surface area contributed by atoms with Crippen molar-refractivity contribution in [3.8, 4) is 17.0 Å². The molecule has 1 amide bonds. The molecule has 0 bridgehead atoms. The summed E-state index contributed by atoms with van der Waals surface area (Å²) in [4.78, 5) is 15.7. The molecule has 0 aliphatic carbocycles. The SMILES string of the molecule is Cc1cc(-c2cc(COc3ccc(Cl)cc3)ccn2)ccc1C(N)=O. The number of hydrogen-bond acceptors (Lipinski definition) is 3. The quantitative estimate of drug-likeness (QED) is 0.740. The van der Waals surface area contributed by atoms with Crippen molar-refractivity contribution < 1.29 is 9.53 Å². The summed E-state index contributed by atoms with van der Waals surface area (Å²) in [5, 5.41) is 0.674. The fourth-order valence-electron chi connectivity index (χ4n) is 2.52. The molecule has 2 N–H and O–H groups in total. The minimum Gasteiger partial charge on any atom is -0.489 e. The molecule has 0 aliphatic rings. The summed E-state index contributed by atoms with van der Waals surface area (Å²) < 4.78 is 5.76. The van der Waals surface area contributed by atoms with Crippen molar-refractivity contribution in [2.75, 3.05) is 0 Å². The van der Waals surface area contributed by atoms with Gasteiger partial charge in [-0.25, -0.2) is 0 Å². The number of amides is 1. The van der Waals surface area contributed by atoms with E-state index >= 15 is 0 Å². The standard InChI is InChI=1S/C20H17ClN2O2/c1-13-10-15(2-7-18(13)20(22)24)19-11-14(8-9-23-19)12-25-17-5-3-16(21)4-6-17/h2-11H,12H2,1H3,(H2,22,24). The predicted molar refractivity (Wildman–Crippen MR) is 98.7 cm³/mol. The molecule has 126 valence electrons. The van der Waals surface area contributed by atoms with Crippen LogP contribution in [0.2, 0.25) is 5.02 Å². The van der Waals surface area contributed by atoms with Gasteiger partial charge in [0.25, 0.3) is 0 Å². The Balaban J connectivity index is 1.78. The zero-order valence-corrected chi connectivity index (χ0v) is 14.5. The van der Waals surface area contributed by atoms with Crippen LogP contribution in [-0.2, 0) is 6.61 Å². The smallest absolute Gasteiger partial charge is 0.248 e. The highest BCUT2D eigenvalue weighted by Gasteiger charge is 2.08. The third kappa shape index (κ3) is 4.17. The number of nitrogens with zero attached hydrogens (tertiary/aromatic N) is 1. The summed E-state index contributed by atoms with van der Waals surface area (Å²) in [7, 11) is 0. The highest BCUT2D eigenvalue weighted by molar-refractivity contribution is 6.30. The molecule has 5 heteroatoms.